The van der Waals surface area contributed by atoms with Crippen molar-refractivity contribution in [3.8, 4) is 0 Å². The van der Waals surface area contributed by atoms with E-state index in [0.29, 0.717) is 12.5 Å². The molecule has 1 aromatic heterocycles. The first-order chi connectivity index (χ1) is 10.1. The minimum Gasteiger partial charge on any atom is -0.388 e. The van der Waals surface area contributed by atoms with Gasteiger partial charge in [0, 0.05) is 24.0 Å². The average Bonchev–Trinajstić information content (AvgIpc) is 2.96. The van der Waals surface area contributed by atoms with Crippen molar-refractivity contribution in [1.82, 2.24) is 4.90 Å². The lowest BCUT2D eigenvalue weighted by molar-refractivity contribution is 0.127. The van der Waals surface area contributed by atoms with E-state index in [0.717, 1.165) is 18.7 Å². The van der Waals surface area contributed by atoms with Crippen LogP contribution in [0.15, 0.2) is 41.8 Å². The van der Waals surface area contributed by atoms with Crippen LogP contribution in [-0.2, 0) is 6.54 Å². The second-order valence-corrected chi connectivity index (χ2v) is 6.53. The van der Waals surface area contributed by atoms with E-state index in [2.05, 4.69) is 36.3 Å². The predicted octanol–water partition coefficient (Wildman–Crippen LogP) is 4.22. The van der Waals surface area contributed by atoms with E-state index in [4.69, 9.17) is 0 Å². The molecule has 0 radical (unpaired) electrons. The lowest BCUT2D eigenvalue weighted by atomic mass is 10.1. The monoisotopic (exact) mass is 307 g/mol. The highest BCUT2D eigenvalue weighted by Crippen LogP contribution is 2.20. The maximum Gasteiger partial charge on any atom is 0.123 e. The SMILES string of the molecule is CC(C)N(CCC(O)c1ccc(F)cc1)Cc1cccs1. The molecule has 0 fully saturated rings. The summed E-state index contributed by atoms with van der Waals surface area (Å²) in [5.74, 6) is -0.271. The highest BCUT2D eigenvalue weighted by molar-refractivity contribution is 7.09. The molecule has 21 heavy (non-hydrogen) atoms. The standard InChI is InChI=1S/C17H22FNOS/c1-13(2)19(12-16-4-3-11-21-16)10-9-17(20)14-5-7-15(18)8-6-14/h3-8,11,13,17,20H,9-10,12H2,1-2H3. The molecule has 2 rings (SSSR count). The van der Waals surface area contributed by atoms with Gasteiger partial charge in [0.2, 0.25) is 0 Å². The molecular formula is C17H22FNOS. The summed E-state index contributed by atoms with van der Waals surface area (Å²) in [6.45, 7) is 6.05. The molecule has 1 heterocycles. The fourth-order valence-corrected chi connectivity index (χ4v) is 2.99. The molecule has 2 aromatic rings. The molecule has 0 saturated heterocycles. The van der Waals surface area contributed by atoms with Gasteiger partial charge in [-0.25, -0.2) is 4.39 Å². The van der Waals surface area contributed by atoms with Gasteiger partial charge in [-0.3, -0.25) is 4.90 Å². The van der Waals surface area contributed by atoms with Crippen LogP contribution in [0.25, 0.3) is 0 Å². The van der Waals surface area contributed by atoms with Gasteiger partial charge < -0.3 is 5.11 Å². The maximum atomic E-state index is 12.9. The summed E-state index contributed by atoms with van der Waals surface area (Å²) in [5, 5.41) is 12.3. The average molecular weight is 307 g/mol. The number of rotatable bonds is 7. The fourth-order valence-electron chi connectivity index (χ4n) is 2.26. The Morgan fingerprint density at radius 2 is 1.90 bits per heavy atom. The van der Waals surface area contributed by atoms with Gasteiger partial charge in [0.1, 0.15) is 5.82 Å². The molecule has 0 amide bonds. The third kappa shape index (κ3) is 4.92. The molecule has 2 nitrogen and oxygen atoms in total. The van der Waals surface area contributed by atoms with Gasteiger partial charge in [-0.2, -0.15) is 0 Å². The molecule has 4 heteroatoms. The Balaban J connectivity index is 1.90. The third-order valence-corrected chi connectivity index (χ3v) is 4.48. The van der Waals surface area contributed by atoms with E-state index in [1.54, 1.807) is 23.5 Å². The van der Waals surface area contributed by atoms with Crippen LogP contribution in [0, 0.1) is 5.82 Å². The first-order valence-corrected chi connectivity index (χ1v) is 8.14. The van der Waals surface area contributed by atoms with E-state index in [1.165, 1.54) is 17.0 Å². The van der Waals surface area contributed by atoms with Crippen molar-refractivity contribution >= 4 is 11.3 Å². The summed E-state index contributed by atoms with van der Waals surface area (Å²) in [6, 6.07) is 10.7. The van der Waals surface area contributed by atoms with E-state index >= 15 is 0 Å². The Kier molecular flexibility index (Phi) is 5.91. The van der Waals surface area contributed by atoms with Gasteiger partial charge in [-0.15, -0.1) is 11.3 Å². The summed E-state index contributed by atoms with van der Waals surface area (Å²) in [7, 11) is 0. The van der Waals surface area contributed by atoms with Gasteiger partial charge in [-0.05, 0) is 49.4 Å². The number of hydrogen-bond acceptors (Lipinski definition) is 3. The number of nitrogens with zero attached hydrogens (tertiary/aromatic N) is 1. The quantitative estimate of drug-likeness (QED) is 0.828. The molecule has 0 spiro atoms. The molecule has 0 aliphatic rings. The fraction of sp³-hybridized carbons (Fsp3) is 0.412. The van der Waals surface area contributed by atoms with Crippen LogP contribution in [0.4, 0.5) is 4.39 Å². The van der Waals surface area contributed by atoms with E-state index < -0.39 is 6.10 Å². The second kappa shape index (κ2) is 7.69. The minimum atomic E-state index is -0.546. The Labute approximate surface area is 129 Å². The molecule has 0 aliphatic carbocycles. The lowest BCUT2D eigenvalue weighted by Gasteiger charge is -2.27. The van der Waals surface area contributed by atoms with Crippen LogP contribution in [-0.4, -0.2) is 22.6 Å². The Bertz CT molecular complexity index is 524. The van der Waals surface area contributed by atoms with Crippen LogP contribution < -0.4 is 0 Å². The predicted molar refractivity (Wildman–Crippen MR) is 85.8 cm³/mol. The van der Waals surface area contributed by atoms with Crippen molar-refractivity contribution in [3.05, 3.63) is 58.0 Å². The van der Waals surface area contributed by atoms with Crippen molar-refractivity contribution in [2.75, 3.05) is 6.54 Å². The summed E-state index contributed by atoms with van der Waals surface area (Å²) in [5.41, 5.74) is 0.774. The van der Waals surface area contributed by atoms with Gasteiger partial charge in [0.15, 0.2) is 0 Å². The first kappa shape index (κ1) is 16.1. The maximum absolute atomic E-state index is 12.9. The van der Waals surface area contributed by atoms with Gasteiger partial charge >= 0.3 is 0 Å². The van der Waals surface area contributed by atoms with Crippen LogP contribution >= 0.6 is 11.3 Å². The van der Waals surface area contributed by atoms with Crippen LogP contribution in [0.1, 0.15) is 36.8 Å². The summed E-state index contributed by atoms with van der Waals surface area (Å²) >= 11 is 1.76. The Morgan fingerprint density at radius 3 is 2.48 bits per heavy atom. The van der Waals surface area contributed by atoms with Crippen LogP contribution in [0.5, 0.6) is 0 Å². The van der Waals surface area contributed by atoms with Crippen LogP contribution in [0.2, 0.25) is 0 Å². The Hall–Kier alpha value is -1.23. The topological polar surface area (TPSA) is 23.5 Å². The first-order valence-electron chi connectivity index (χ1n) is 7.26. The molecule has 0 aliphatic heterocycles. The normalized spacial score (nSPS) is 13.0. The summed E-state index contributed by atoms with van der Waals surface area (Å²) in [4.78, 5) is 3.68. The molecule has 1 unspecified atom stereocenters. The van der Waals surface area contributed by atoms with Gasteiger partial charge in [0.05, 0.1) is 6.10 Å². The molecule has 1 atom stereocenters. The number of hydrogen-bond donors (Lipinski definition) is 1. The third-order valence-electron chi connectivity index (χ3n) is 3.61. The van der Waals surface area contributed by atoms with E-state index in [9.17, 15) is 9.50 Å². The molecule has 0 bridgehead atoms. The zero-order valence-electron chi connectivity index (χ0n) is 12.5. The van der Waals surface area contributed by atoms with Crippen molar-refractivity contribution in [2.24, 2.45) is 0 Å². The highest BCUT2D eigenvalue weighted by Gasteiger charge is 2.14. The van der Waals surface area contributed by atoms with E-state index in [1.807, 2.05) is 0 Å². The number of thiophene rings is 1. The second-order valence-electron chi connectivity index (χ2n) is 5.50. The zero-order chi connectivity index (χ0) is 15.2. The summed E-state index contributed by atoms with van der Waals surface area (Å²) in [6.07, 6.45) is 0.102. The van der Waals surface area contributed by atoms with Gasteiger partial charge in [-0.1, -0.05) is 18.2 Å². The number of benzene rings is 1. The zero-order valence-corrected chi connectivity index (χ0v) is 13.3. The summed E-state index contributed by atoms with van der Waals surface area (Å²) < 4.78 is 12.9. The van der Waals surface area contributed by atoms with Crippen molar-refractivity contribution in [1.29, 1.82) is 0 Å². The smallest absolute Gasteiger partial charge is 0.123 e. The minimum absolute atomic E-state index is 0.271. The largest absolute Gasteiger partial charge is 0.388 e. The molecule has 0 saturated carbocycles. The lowest BCUT2D eigenvalue weighted by Crippen LogP contribution is -2.31. The molecule has 114 valence electrons. The number of aliphatic hydroxyl groups is 1. The number of aliphatic hydroxyl groups excluding tert-OH is 1. The highest BCUT2D eigenvalue weighted by atomic mass is 32.1. The van der Waals surface area contributed by atoms with Crippen molar-refractivity contribution < 1.29 is 9.50 Å². The molecule has 1 aromatic carbocycles. The Morgan fingerprint density at radius 1 is 1.19 bits per heavy atom. The van der Waals surface area contributed by atoms with Crippen molar-refractivity contribution in [2.45, 2.75) is 39.0 Å². The van der Waals surface area contributed by atoms with Crippen LogP contribution in [0.3, 0.4) is 0 Å². The molecular weight excluding hydrogens is 285 g/mol. The number of halogens is 1. The van der Waals surface area contributed by atoms with Crippen molar-refractivity contribution in [3.63, 3.8) is 0 Å². The van der Waals surface area contributed by atoms with E-state index in [-0.39, 0.29) is 5.82 Å². The molecule has 1 N–H and O–H groups in total. The van der Waals surface area contributed by atoms with Gasteiger partial charge in [0.25, 0.3) is 0 Å².